The molecule has 1 aromatic heterocycles. The minimum absolute atomic E-state index is 0.00475. The summed E-state index contributed by atoms with van der Waals surface area (Å²) in [6, 6.07) is 19.8. The third-order valence-electron chi connectivity index (χ3n) is 7.40. The number of aryl methyl sites for hydroxylation is 2. The number of rotatable bonds is 4. The maximum absolute atomic E-state index is 14.1. The molecule has 6 nitrogen and oxygen atoms in total. The largest absolute Gasteiger partial charge is 0.338 e. The van der Waals surface area contributed by atoms with Crippen LogP contribution in [0.5, 0.6) is 0 Å². The van der Waals surface area contributed by atoms with Crippen LogP contribution < -0.4 is 0 Å². The standard InChI is InChI=1S/C27H30N4O2/c1-20-9-6-7-12-22(20)25(32)31-18-23(24-13-15-28-29(24)2)27(19-31)14-8-16-30(26(27)33)17-21-10-4-3-5-11-21/h3-7,9-13,15,23H,8,14,16-19H2,1-2H3/t23-,27+/m0/s1. The van der Waals surface area contributed by atoms with Crippen LogP contribution in [0.25, 0.3) is 0 Å². The van der Waals surface area contributed by atoms with Crippen molar-refractivity contribution >= 4 is 11.8 Å². The van der Waals surface area contributed by atoms with Crippen molar-refractivity contribution in [3.8, 4) is 0 Å². The van der Waals surface area contributed by atoms with E-state index in [9.17, 15) is 9.59 Å². The van der Waals surface area contributed by atoms with Crippen molar-refractivity contribution in [3.05, 3.63) is 89.2 Å². The Morgan fingerprint density at radius 3 is 2.58 bits per heavy atom. The van der Waals surface area contributed by atoms with Gasteiger partial charge in [-0.3, -0.25) is 14.3 Å². The zero-order valence-electron chi connectivity index (χ0n) is 19.3. The molecule has 3 heterocycles. The van der Waals surface area contributed by atoms with E-state index in [4.69, 9.17) is 0 Å². The first-order valence-electron chi connectivity index (χ1n) is 11.7. The number of nitrogens with zero attached hydrogens (tertiary/aromatic N) is 4. The van der Waals surface area contributed by atoms with Gasteiger partial charge in [0.05, 0.1) is 5.41 Å². The second kappa shape index (κ2) is 8.50. The van der Waals surface area contributed by atoms with Crippen LogP contribution in [-0.4, -0.2) is 51.0 Å². The molecule has 0 N–H and O–H groups in total. The number of aromatic nitrogens is 2. The molecule has 0 radical (unpaired) electrons. The molecule has 2 atom stereocenters. The molecule has 2 aliphatic rings. The minimum Gasteiger partial charge on any atom is -0.338 e. The maximum Gasteiger partial charge on any atom is 0.254 e. The Labute approximate surface area is 194 Å². The number of hydrogen-bond donors (Lipinski definition) is 0. The monoisotopic (exact) mass is 442 g/mol. The lowest BCUT2D eigenvalue weighted by atomic mass is 9.70. The summed E-state index contributed by atoms with van der Waals surface area (Å²) < 4.78 is 1.86. The smallest absolute Gasteiger partial charge is 0.254 e. The van der Waals surface area contributed by atoms with Gasteiger partial charge in [-0.1, -0.05) is 48.5 Å². The molecule has 0 unspecified atom stereocenters. The lowest BCUT2D eigenvalue weighted by Gasteiger charge is -2.42. The van der Waals surface area contributed by atoms with Crippen LogP contribution in [0.15, 0.2) is 66.9 Å². The van der Waals surface area contributed by atoms with Crippen molar-refractivity contribution in [1.29, 1.82) is 0 Å². The van der Waals surface area contributed by atoms with Crippen LogP contribution >= 0.6 is 0 Å². The number of benzene rings is 2. The van der Waals surface area contributed by atoms with Crippen LogP contribution in [0.3, 0.4) is 0 Å². The van der Waals surface area contributed by atoms with Crippen LogP contribution in [0.4, 0.5) is 0 Å². The number of carbonyl (C=O) groups is 2. The van der Waals surface area contributed by atoms with E-state index in [2.05, 4.69) is 17.2 Å². The predicted molar refractivity (Wildman–Crippen MR) is 127 cm³/mol. The van der Waals surface area contributed by atoms with Crippen molar-refractivity contribution < 1.29 is 9.59 Å². The maximum atomic E-state index is 14.1. The highest BCUT2D eigenvalue weighted by Crippen LogP contribution is 2.49. The molecule has 2 aliphatic heterocycles. The molecule has 170 valence electrons. The van der Waals surface area contributed by atoms with Gasteiger partial charge >= 0.3 is 0 Å². The van der Waals surface area contributed by atoms with E-state index < -0.39 is 5.41 Å². The normalized spacial score (nSPS) is 22.8. The summed E-state index contributed by atoms with van der Waals surface area (Å²) in [6.07, 6.45) is 3.49. The molecule has 6 heteroatoms. The van der Waals surface area contributed by atoms with E-state index >= 15 is 0 Å². The molecule has 1 spiro atoms. The van der Waals surface area contributed by atoms with Crippen molar-refractivity contribution in [1.82, 2.24) is 19.6 Å². The van der Waals surface area contributed by atoms with Crippen LogP contribution in [-0.2, 0) is 18.4 Å². The highest BCUT2D eigenvalue weighted by Gasteiger charge is 2.57. The topological polar surface area (TPSA) is 58.4 Å². The number of carbonyl (C=O) groups excluding carboxylic acids is 2. The summed E-state index contributed by atoms with van der Waals surface area (Å²) in [5.74, 6) is 0.0815. The first-order chi connectivity index (χ1) is 16.0. The number of piperidine rings is 1. The van der Waals surface area contributed by atoms with Gasteiger partial charge < -0.3 is 9.80 Å². The summed E-state index contributed by atoms with van der Waals surface area (Å²) in [5.41, 5.74) is 3.19. The van der Waals surface area contributed by atoms with Gasteiger partial charge in [0.15, 0.2) is 0 Å². The Bertz CT molecular complexity index is 1170. The molecular weight excluding hydrogens is 412 g/mol. The van der Waals surface area contributed by atoms with Crippen molar-refractivity contribution in [2.45, 2.75) is 32.2 Å². The fraction of sp³-hybridized carbons (Fsp3) is 0.370. The van der Waals surface area contributed by atoms with Crippen LogP contribution in [0, 0.1) is 12.3 Å². The molecule has 0 aliphatic carbocycles. The van der Waals surface area contributed by atoms with Gasteiger partial charge in [0.1, 0.15) is 0 Å². The van der Waals surface area contributed by atoms with Crippen molar-refractivity contribution in [2.24, 2.45) is 12.5 Å². The molecule has 2 fully saturated rings. The molecule has 3 aromatic rings. The Balaban J connectivity index is 1.50. The van der Waals surface area contributed by atoms with Gasteiger partial charge in [0.2, 0.25) is 5.91 Å². The summed E-state index contributed by atoms with van der Waals surface area (Å²) in [6.45, 7) is 4.29. The van der Waals surface area contributed by atoms with Gasteiger partial charge in [-0.2, -0.15) is 5.10 Å². The Morgan fingerprint density at radius 1 is 1.09 bits per heavy atom. The minimum atomic E-state index is -0.626. The molecule has 33 heavy (non-hydrogen) atoms. The second-order valence-corrected chi connectivity index (χ2v) is 9.40. The van der Waals surface area contributed by atoms with Crippen molar-refractivity contribution in [2.75, 3.05) is 19.6 Å². The molecule has 2 aromatic carbocycles. The van der Waals surface area contributed by atoms with E-state index in [0.717, 1.165) is 36.2 Å². The molecule has 2 saturated heterocycles. The number of hydrogen-bond acceptors (Lipinski definition) is 3. The fourth-order valence-corrected chi connectivity index (χ4v) is 5.68. The molecule has 2 amide bonds. The average molecular weight is 443 g/mol. The lowest BCUT2D eigenvalue weighted by molar-refractivity contribution is -0.147. The van der Waals surface area contributed by atoms with Gasteiger partial charge in [0.25, 0.3) is 5.91 Å². The van der Waals surface area contributed by atoms with Gasteiger partial charge in [-0.05, 0) is 43.0 Å². The van der Waals surface area contributed by atoms with Gasteiger partial charge in [-0.15, -0.1) is 0 Å². The third kappa shape index (κ3) is 3.73. The molecular formula is C27H30N4O2. The Hall–Kier alpha value is -3.41. The summed E-state index contributed by atoms with van der Waals surface area (Å²) in [4.78, 5) is 31.5. The predicted octanol–water partition coefficient (Wildman–Crippen LogP) is 3.78. The molecule has 5 rings (SSSR count). The highest BCUT2D eigenvalue weighted by molar-refractivity contribution is 5.97. The van der Waals surface area contributed by atoms with Gasteiger partial charge in [-0.25, -0.2) is 0 Å². The SMILES string of the molecule is Cc1ccccc1C(=O)N1C[C@@H](c2ccnn2C)[C@@]2(CCCN(Cc3ccccc3)C2=O)C1. The number of likely N-dealkylation sites (tertiary alicyclic amines) is 2. The average Bonchev–Trinajstić information content (AvgIpc) is 3.41. The third-order valence-corrected chi connectivity index (χ3v) is 7.40. The van der Waals surface area contributed by atoms with Crippen LogP contribution in [0.2, 0.25) is 0 Å². The zero-order valence-corrected chi connectivity index (χ0v) is 19.3. The summed E-state index contributed by atoms with van der Waals surface area (Å²) in [5, 5.41) is 4.38. The van der Waals surface area contributed by atoms with Crippen molar-refractivity contribution in [3.63, 3.8) is 0 Å². The Kier molecular flexibility index (Phi) is 5.52. The zero-order chi connectivity index (χ0) is 23.0. The molecule has 0 bridgehead atoms. The Morgan fingerprint density at radius 2 is 1.85 bits per heavy atom. The van der Waals surface area contributed by atoms with E-state index in [0.29, 0.717) is 25.2 Å². The first kappa shape index (κ1) is 21.4. The van der Waals surface area contributed by atoms with E-state index in [1.807, 2.05) is 77.0 Å². The highest BCUT2D eigenvalue weighted by atomic mass is 16.2. The van der Waals surface area contributed by atoms with E-state index in [1.54, 1.807) is 6.20 Å². The first-order valence-corrected chi connectivity index (χ1v) is 11.7. The van der Waals surface area contributed by atoms with Crippen LogP contribution in [0.1, 0.15) is 45.9 Å². The van der Waals surface area contributed by atoms with Gasteiger partial charge in [0, 0.05) is 56.6 Å². The second-order valence-electron chi connectivity index (χ2n) is 9.40. The number of amides is 2. The van der Waals surface area contributed by atoms with E-state index in [1.165, 1.54) is 0 Å². The summed E-state index contributed by atoms with van der Waals surface area (Å²) >= 11 is 0. The molecule has 0 saturated carbocycles. The van der Waals surface area contributed by atoms with E-state index in [-0.39, 0.29) is 17.7 Å². The fourth-order valence-electron chi connectivity index (χ4n) is 5.68. The quantitative estimate of drug-likeness (QED) is 0.618. The lowest BCUT2D eigenvalue weighted by Crippen LogP contribution is -2.52. The summed E-state index contributed by atoms with van der Waals surface area (Å²) in [7, 11) is 1.92.